The highest BCUT2D eigenvalue weighted by atomic mass is 32.2. The molecule has 2 saturated heterocycles. The predicted molar refractivity (Wildman–Crippen MR) is 122 cm³/mol. The molecule has 0 bridgehead atoms. The van der Waals surface area contributed by atoms with Crippen LogP contribution in [0.5, 0.6) is 0 Å². The van der Waals surface area contributed by atoms with Crippen LogP contribution in [-0.2, 0) is 28.9 Å². The molecule has 2 aromatic carbocycles. The van der Waals surface area contributed by atoms with Crippen molar-refractivity contribution in [1.82, 2.24) is 14.5 Å². The fraction of sp³-hybridized carbons (Fsp3) is 0.458. The molecule has 2 fully saturated rings. The molecule has 2 aliphatic heterocycles. The Kier molecular flexibility index (Phi) is 7.05. The third-order valence-corrected chi connectivity index (χ3v) is 8.02. The number of nitrogens with zero attached hydrogens (tertiary/aromatic N) is 2. The third kappa shape index (κ3) is 5.73. The average Bonchev–Trinajstić information content (AvgIpc) is 3.48. The molecule has 166 valence electrons. The standard InChI is InChI=1S/C24H31N3O3S/c28-24(25-17-22-7-1-2-8-23(22)18-26-13-3-4-14-26)21-11-9-20(10-12-21)19-31(29,30)27-15-5-6-16-27/h1-2,7-12H,3-6,13-19H2,(H,25,28). The average molecular weight is 442 g/mol. The molecule has 2 aliphatic rings. The summed E-state index contributed by atoms with van der Waals surface area (Å²) in [5, 5.41) is 3.01. The minimum atomic E-state index is -3.28. The Morgan fingerprint density at radius 3 is 2.13 bits per heavy atom. The lowest BCUT2D eigenvalue weighted by Crippen LogP contribution is -2.29. The molecular formula is C24H31N3O3S. The van der Waals surface area contributed by atoms with Crippen molar-refractivity contribution in [3.8, 4) is 0 Å². The van der Waals surface area contributed by atoms with Crippen molar-refractivity contribution in [2.75, 3.05) is 26.2 Å². The monoisotopic (exact) mass is 441 g/mol. The first-order chi connectivity index (χ1) is 15.0. The van der Waals surface area contributed by atoms with Crippen LogP contribution in [0.2, 0.25) is 0 Å². The highest BCUT2D eigenvalue weighted by molar-refractivity contribution is 7.88. The van der Waals surface area contributed by atoms with Crippen LogP contribution in [0.15, 0.2) is 48.5 Å². The Morgan fingerprint density at radius 2 is 1.45 bits per heavy atom. The first-order valence-electron chi connectivity index (χ1n) is 11.2. The minimum Gasteiger partial charge on any atom is -0.348 e. The van der Waals surface area contributed by atoms with Crippen molar-refractivity contribution in [3.63, 3.8) is 0 Å². The summed E-state index contributed by atoms with van der Waals surface area (Å²) in [7, 11) is -3.28. The lowest BCUT2D eigenvalue weighted by atomic mass is 10.1. The van der Waals surface area contributed by atoms with E-state index < -0.39 is 10.0 Å². The van der Waals surface area contributed by atoms with Gasteiger partial charge in [0.15, 0.2) is 0 Å². The smallest absolute Gasteiger partial charge is 0.251 e. The quantitative estimate of drug-likeness (QED) is 0.683. The van der Waals surface area contributed by atoms with Gasteiger partial charge in [0, 0.05) is 31.7 Å². The van der Waals surface area contributed by atoms with Crippen LogP contribution in [0.1, 0.15) is 52.7 Å². The zero-order valence-corrected chi connectivity index (χ0v) is 18.7. The Balaban J connectivity index is 1.34. The summed E-state index contributed by atoms with van der Waals surface area (Å²) >= 11 is 0. The van der Waals surface area contributed by atoms with Gasteiger partial charge < -0.3 is 5.32 Å². The van der Waals surface area contributed by atoms with E-state index in [1.807, 2.05) is 12.1 Å². The number of carbonyl (C=O) groups excluding carboxylic acids is 1. The lowest BCUT2D eigenvalue weighted by molar-refractivity contribution is 0.0950. The van der Waals surface area contributed by atoms with Gasteiger partial charge in [0.25, 0.3) is 5.91 Å². The van der Waals surface area contributed by atoms with Gasteiger partial charge in [0.05, 0.1) is 5.75 Å². The van der Waals surface area contributed by atoms with E-state index in [2.05, 4.69) is 22.3 Å². The van der Waals surface area contributed by atoms with Crippen molar-refractivity contribution < 1.29 is 13.2 Å². The van der Waals surface area contributed by atoms with Gasteiger partial charge in [-0.15, -0.1) is 0 Å². The molecular weight excluding hydrogens is 410 g/mol. The second-order valence-electron chi connectivity index (χ2n) is 8.49. The number of amides is 1. The molecule has 4 rings (SSSR count). The van der Waals surface area contributed by atoms with Gasteiger partial charge in [-0.2, -0.15) is 0 Å². The number of hydrogen-bond acceptors (Lipinski definition) is 4. The number of likely N-dealkylation sites (tertiary alicyclic amines) is 1. The maximum Gasteiger partial charge on any atom is 0.251 e. The van der Waals surface area contributed by atoms with E-state index in [1.165, 1.54) is 18.4 Å². The molecule has 0 aromatic heterocycles. The SMILES string of the molecule is O=C(NCc1ccccc1CN1CCCC1)c1ccc(CS(=O)(=O)N2CCCC2)cc1. The molecule has 0 atom stereocenters. The van der Waals surface area contributed by atoms with Gasteiger partial charge in [-0.3, -0.25) is 9.69 Å². The van der Waals surface area contributed by atoms with Crippen molar-refractivity contribution in [3.05, 3.63) is 70.8 Å². The molecule has 0 aliphatic carbocycles. The van der Waals surface area contributed by atoms with E-state index in [9.17, 15) is 13.2 Å². The Labute approximate surface area is 185 Å². The zero-order valence-electron chi connectivity index (χ0n) is 17.9. The number of sulfonamides is 1. The third-order valence-electron chi connectivity index (χ3n) is 6.17. The van der Waals surface area contributed by atoms with Crippen LogP contribution >= 0.6 is 0 Å². The van der Waals surface area contributed by atoms with E-state index in [0.29, 0.717) is 30.8 Å². The second kappa shape index (κ2) is 9.94. The second-order valence-corrected chi connectivity index (χ2v) is 10.5. The zero-order chi connectivity index (χ0) is 21.7. The normalized spacial score (nSPS) is 17.8. The maximum absolute atomic E-state index is 12.6. The number of carbonyl (C=O) groups is 1. The molecule has 31 heavy (non-hydrogen) atoms. The van der Waals surface area contributed by atoms with Crippen LogP contribution in [0.3, 0.4) is 0 Å². The minimum absolute atomic E-state index is 0.0151. The van der Waals surface area contributed by atoms with Gasteiger partial charge in [-0.25, -0.2) is 12.7 Å². The molecule has 7 heteroatoms. The molecule has 0 spiro atoms. The molecule has 1 N–H and O–H groups in total. The van der Waals surface area contributed by atoms with Crippen LogP contribution in [0.4, 0.5) is 0 Å². The largest absolute Gasteiger partial charge is 0.348 e. The summed E-state index contributed by atoms with van der Waals surface area (Å²) in [6.45, 7) is 4.91. The van der Waals surface area contributed by atoms with Crippen LogP contribution in [0.25, 0.3) is 0 Å². The topological polar surface area (TPSA) is 69.7 Å². The van der Waals surface area contributed by atoms with E-state index >= 15 is 0 Å². The molecule has 0 radical (unpaired) electrons. The molecule has 1 amide bonds. The van der Waals surface area contributed by atoms with Gasteiger partial charge in [-0.1, -0.05) is 36.4 Å². The number of nitrogens with one attached hydrogen (secondary N) is 1. The van der Waals surface area contributed by atoms with E-state index in [4.69, 9.17) is 0 Å². The number of rotatable bonds is 8. The maximum atomic E-state index is 12.6. The highest BCUT2D eigenvalue weighted by Crippen LogP contribution is 2.18. The molecule has 6 nitrogen and oxygen atoms in total. The van der Waals surface area contributed by atoms with Crippen LogP contribution < -0.4 is 5.32 Å². The van der Waals surface area contributed by atoms with E-state index in [0.717, 1.165) is 38.0 Å². The Bertz CT molecular complexity index is 993. The summed E-state index contributed by atoms with van der Waals surface area (Å²) in [5.74, 6) is -0.163. The molecule has 2 aromatic rings. The summed E-state index contributed by atoms with van der Waals surface area (Å²) in [4.78, 5) is 15.1. The van der Waals surface area contributed by atoms with Gasteiger partial charge in [0.1, 0.15) is 0 Å². The molecule has 0 unspecified atom stereocenters. The fourth-order valence-electron chi connectivity index (χ4n) is 4.36. The van der Waals surface area contributed by atoms with Crippen LogP contribution in [-0.4, -0.2) is 49.7 Å². The van der Waals surface area contributed by atoms with Gasteiger partial charge >= 0.3 is 0 Å². The van der Waals surface area contributed by atoms with Crippen molar-refractivity contribution in [1.29, 1.82) is 0 Å². The lowest BCUT2D eigenvalue weighted by Gasteiger charge is -2.18. The molecule has 0 saturated carbocycles. The Morgan fingerprint density at radius 1 is 0.839 bits per heavy atom. The first-order valence-corrected chi connectivity index (χ1v) is 12.8. The van der Waals surface area contributed by atoms with E-state index in [1.54, 1.807) is 28.6 Å². The van der Waals surface area contributed by atoms with Crippen molar-refractivity contribution >= 4 is 15.9 Å². The summed E-state index contributed by atoms with van der Waals surface area (Å²) < 4.78 is 26.5. The summed E-state index contributed by atoms with van der Waals surface area (Å²) in [6.07, 6.45) is 4.38. The van der Waals surface area contributed by atoms with Crippen LogP contribution in [0, 0.1) is 0 Å². The fourth-order valence-corrected chi connectivity index (χ4v) is 5.97. The van der Waals surface area contributed by atoms with Gasteiger partial charge in [0.2, 0.25) is 10.0 Å². The number of hydrogen-bond donors (Lipinski definition) is 1. The Hall–Kier alpha value is -2.22. The number of benzene rings is 2. The summed E-state index contributed by atoms with van der Waals surface area (Å²) in [5.41, 5.74) is 3.64. The highest BCUT2D eigenvalue weighted by Gasteiger charge is 2.25. The summed E-state index contributed by atoms with van der Waals surface area (Å²) in [6, 6.07) is 15.2. The van der Waals surface area contributed by atoms with Crippen molar-refractivity contribution in [2.24, 2.45) is 0 Å². The van der Waals surface area contributed by atoms with Gasteiger partial charge in [-0.05, 0) is 67.6 Å². The van der Waals surface area contributed by atoms with E-state index in [-0.39, 0.29) is 11.7 Å². The predicted octanol–water partition coefficient (Wildman–Crippen LogP) is 3.14. The molecule has 2 heterocycles. The van der Waals surface area contributed by atoms with Crippen molar-refractivity contribution in [2.45, 2.75) is 44.5 Å². The first kappa shape index (κ1) is 22.0.